The Morgan fingerprint density at radius 2 is 2.32 bits per heavy atom. The minimum absolute atomic E-state index is 0.133. The summed E-state index contributed by atoms with van der Waals surface area (Å²) in [5.74, 6) is 0.647. The minimum atomic E-state index is -0.133. The highest BCUT2D eigenvalue weighted by molar-refractivity contribution is 5.81. The fourth-order valence-electron chi connectivity index (χ4n) is 2.95. The Hall–Kier alpha value is -1.75. The first kappa shape index (κ1) is 12.3. The van der Waals surface area contributed by atoms with E-state index in [2.05, 4.69) is 16.8 Å². The summed E-state index contributed by atoms with van der Waals surface area (Å²) in [5, 5.41) is 9.76. The minimum Gasteiger partial charge on any atom is -0.506 e. The number of hydrogen-bond acceptors (Lipinski definition) is 3. The molecule has 2 heterocycles. The molecule has 1 unspecified atom stereocenters. The van der Waals surface area contributed by atoms with Gasteiger partial charge >= 0.3 is 5.69 Å². The van der Waals surface area contributed by atoms with Crippen molar-refractivity contribution in [3.05, 3.63) is 28.7 Å². The first-order valence-electron chi connectivity index (χ1n) is 6.82. The molecule has 102 valence electrons. The molecule has 2 aromatic rings. The van der Waals surface area contributed by atoms with E-state index in [1.54, 1.807) is 16.7 Å². The molecule has 0 bridgehead atoms. The Morgan fingerprint density at radius 3 is 3.05 bits per heavy atom. The Bertz CT molecular complexity index is 644. The van der Waals surface area contributed by atoms with Gasteiger partial charge in [-0.25, -0.2) is 4.79 Å². The van der Waals surface area contributed by atoms with Crippen molar-refractivity contribution in [2.75, 3.05) is 19.6 Å². The van der Waals surface area contributed by atoms with E-state index in [1.807, 2.05) is 6.07 Å². The van der Waals surface area contributed by atoms with Gasteiger partial charge in [-0.2, -0.15) is 0 Å². The molecular formula is C14H19N3O2. The fraction of sp³-hybridized carbons (Fsp3) is 0.500. The SMILES string of the molecule is CCN1CCC(Cn2c(=O)[nH]c3c(O)cccc32)C1. The highest BCUT2D eigenvalue weighted by atomic mass is 16.3. The van der Waals surface area contributed by atoms with Gasteiger partial charge in [-0.3, -0.25) is 4.57 Å². The molecule has 1 aliphatic heterocycles. The Labute approximate surface area is 111 Å². The number of aromatic amines is 1. The van der Waals surface area contributed by atoms with Gasteiger partial charge in [0.25, 0.3) is 0 Å². The van der Waals surface area contributed by atoms with Crippen LogP contribution in [-0.4, -0.2) is 39.2 Å². The summed E-state index contributed by atoms with van der Waals surface area (Å²) < 4.78 is 1.75. The summed E-state index contributed by atoms with van der Waals surface area (Å²) in [7, 11) is 0. The van der Waals surface area contributed by atoms with Crippen molar-refractivity contribution in [1.29, 1.82) is 0 Å². The molecule has 3 rings (SSSR count). The molecule has 0 spiro atoms. The van der Waals surface area contributed by atoms with Crippen molar-refractivity contribution in [2.24, 2.45) is 5.92 Å². The first-order valence-corrected chi connectivity index (χ1v) is 6.82. The van der Waals surface area contributed by atoms with Crippen molar-refractivity contribution in [1.82, 2.24) is 14.5 Å². The lowest BCUT2D eigenvalue weighted by Crippen LogP contribution is -2.24. The van der Waals surface area contributed by atoms with E-state index in [0.29, 0.717) is 11.4 Å². The predicted molar refractivity (Wildman–Crippen MR) is 74.4 cm³/mol. The monoisotopic (exact) mass is 261 g/mol. The molecular weight excluding hydrogens is 242 g/mol. The number of para-hydroxylation sites is 1. The second kappa shape index (κ2) is 4.74. The van der Waals surface area contributed by atoms with Crippen molar-refractivity contribution < 1.29 is 5.11 Å². The van der Waals surface area contributed by atoms with E-state index in [0.717, 1.165) is 38.1 Å². The zero-order valence-corrected chi connectivity index (χ0v) is 11.1. The smallest absolute Gasteiger partial charge is 0.326 e. The maximum Gasteiger partial charge on any atom is 0.326 e. The summed E-state index contributed by atoms with van der Waals surface area (Å²) in [4.78, 5) is 17.2. The molecule has 0 saturated carbocycles. The Kier molecular flexibility index (Phi) is 3.06. The number of phenols is 1. The molecule has 5 heteroatoms. The van der Waals surface area contributed by atoms with Crippen LogP contribution >= 0.6 is 0 Å². The number of benzene rings is 1. The summed E-state index contributed by atoms with van der Waals surface area (Å²) in [6.07, 6.45) is 1.13. The van der Waals surface area contributed by atoms with Gasteiger partial charge in [0, 0.05) is 13.1 Å². The van der Waals surface area contributed by atoms with Crippen LogP contribution in [0.4, 0.5) is 0 Å². The van der Waals surface area contributed by atoms with Gasteiger partial charge in [-0.1, -0.05) is 13.0 Å². The number of rotatable bonds is 3. The van der Waals surface area contributed by atoms with Crippen LogP contribution in [0.3, 0.4) is 0 Å². The molecule has 1 aromatic carbocycles. The van der Waals surface area contributed by atoms with Gasteiger partial charge in [0.1, 0.15) is 11.3 Å². The number of hydrogen-bond donors (Lipinski definition) is 2. The lowest BCUT2D eigenvalue weighted by molar-refractivity contribution is 0.333. The molecule has 19 heavy (non-hydrogen) atoms. The number of phenolic OH excluding ortho intramolecular Hbond substituents is 1. The third-order valence-electron chi connectivity index (χ3n) is 4.05. The quantitative estimate of drug-likeness (QED) is 0.877. The van der Waals surface area contributed by atoms with Gasteiger partial charge in [-0.15, -0.1) is 0 Å². The molecule has 5 nitrogen and oxygen atoms in total. The number of imidazole rings is 1. The van der Waals surface area contributed by atoms with E-state index >= 15 is 0 Å². The van der Waals surface area contributed by atoms with Crippen LogP contribution in [0.5, 0.6) is 5.75 Å². The molecule has 2 N–H and O–H groups in total. The van der Waals surface area contributed by atoms with Crippen LogP contribution in [0.2, 0.25) is 0 Å². The predicted octanol–water partition coefficient (Wildman–Crippen LogP) is 1.38. The van der Waals surface area contributed by atoms with E-state index < -0.39 is 0 Å². The number of aromatic nitrogens is 2. The maximum atomic E-state index is 12.0. The van der Waals surface area contributed by atoms with Crippen molar-refractivity contribution in [3.8, 4) is 5.75 Å². The first-order chi connectivity index (χ1) is 9.19. The van der Waals surface area contributed by atoms with Crippen LogP contribution in [0.15, 0.2) is 23.0 Å². The molecule has 1 aromatic heterocycles. The highest BCUT2D eigenvalue weighted by Crippen LogP contribution is 2.23. The average molecular weight is 261 g/mol. The molecule has 1 atom stereocenters. The summed E-state index contributed by atoms with van der Waals surface area (Å²) in [6.45, 7) is 6.12. The largest absolute Gasteiger partial charge is 0.506 e. The van der Waals surface area contributed by atoms with Crippen LogP contribution in [0.25, 0.3) is 11.0 Å². The highest BCUT2D eigenvalue weighted by Gasteiger charge is 2.23. The van der Waals surface area contributed by atoms with Gasteiger partial charge in [0.05, 0.1) is 5.52 Å². The van der Waals surface area contributed by atoms with Crippen LogP contribution in [0, 0.1) is 5.92 Å². The second-order valence-electron chi connectivity index (χ2n) is 5.26. The van der Waals surface area contributed by atoms with E-state index in [-0.39, 0.29) is 11.4 Å². The third-order valence-corrected chi connectivity index (χ3v) is 4.05. The fourth-order valence-corrected chi connectivity index (χ4v) is 2.95. The third kappa shape index (κ3) is 2.14. The molecule has 0 amide bonds. The number of nitrogens with one attached hydrogen (secondary N) is 1. The van der Waals surface area contributed by atoms with Gasteiger partial charge in [0.15, 0.2) is 0 Å². The van der Waals surface area contributed by atoms with Crippen LogP contribution < -0.4 is 5.69 Å². The molecule has 0 aliphatic carbocycles. The van der Waals surface area contributed by atoms with E-state index in [1.165, 1.54) is 0 Å². The molecule has 1 aliphatic rings. The number of likely N-dealkylation sites (tertiary alicyclic amines) is 1. The van der Waals surface area contributed by atoms with Gasteiger partial charge in [0.2, 0.25) is 0 Å². The average Bonchev–Trinajstić information content (AvgIpc) is 2.97. The van der Waals surface area contributed by atoms with E-state index in [9.17, 15) is 9.90 Å². The maximum absolute atomic E-state index is 12.0. The van der Waals surface area contributed by atoms with E-state index in [4.69, 9.17) is 0 Å². The summed E-state index contributed by atoms with van der Waals surface area (Å²) in [6, 6.07) is 5.24. The standard InChI is InChI=1S/C14H19N3O2/c1-2-16-7-6-10(8-16)9-17-11-4-3-5-12(18)13(11)15-14(17)19/h3-5,10,18H,2,6-9H2,1H3,(H,15,19). The summed E-state index contributed by atoms with van der Waals surface area (Å²) >= 11 is 0. The van der Waals surface area contributed by atoms with Crippen LogP contribution in [0.1, 0.15) is 13.3 Å². The number of nitrogens with zero attached hydrogens (tertiary/aromatic N) is 2. The Balaban J connectivity index is 1.91. The second-order valence-corrected chi connectivity index (χ2v) is 5.26. The van der Waals surface area contributed by atoms with Crippen molar-refractivity contribution in [2.45, 2.75) is 19.9 Å². The van der Waals surface area contributed by atoms with Gasteiger partial charge < -0.3 is 15.0 Å². The van der Waals surface area contributed by atoms with Crippen molar-refractivity contribution >= 4 is 11.0 Å². The number of aromatic hydroxyl groups is 1. The number of H-pyrrole nitrogens is 1. The molecule has 1 saturated heterocycles. The zero-order chi connectivity index (χ0) is 13.4. The molecule has 1 fully saturated rings. The van der Waals surface area contributed by atoms with Crippen molar-refractivity contribution in [3.63, 3.8) is 0 Å². The lowest BCUT2D eigenvalue weighted by Gasteiger charge is -2.13. The Morgan fingerprint density at radius 1 is 1.47 bits per heavy atom. The number of fused-ring (bicyclic) bond motifs is 1. The molecule has 0 radical (unpaired) electrons. The zero-order valence-electron chi connectivity index (χ0n) is 11.1. The summed E-state index contributed by atoms with van der Waals surface area (Å²) in [5.41, 5.74) is 1.20. The normalized spacial score (nSPS) is 20.4. The van der Waals surface area contributed by atoms with Crippen LogP contribution in [-0.2, 0) is 6.54 Å². The van der Waals surface area contributed by atoms with Gasteiger partial charge in [-0.05, 0) is 37.6 Å². The topological polar surface area (TPSA) is 61.3 Å². The lowest BCUT2D eigenvalue weighted by atomic mass is 10.1.